The Morgan fingerprint density at radius 3 is 2.50 bits per heavy atom. The fraction of sp³-hybridized carbons (Fsp3) is 0.483. The van der Waals surface area contributed by atoms with Crippen LogP contribution in [-0.2, 0) is 22.5 Å². The van der Waals surface area contributed by atoms with Crippen LogP contribution < -0.4 is 5.32 Å². The fourth-order valence-electron chi connectivity index (χ4n) is 4.60. The van der Waals surface area contributed by atoms with Gasteiger partial charge in [0.2, 0.25) is 5.91 Å². The molecule has 1 aliphatic rings. The third kappa shape index (κ3) is 7.01. The lowest BCUT2D eigenvalue weighted by atomic mass is 10.0. The molecule has 0 saturated heterocycles. The van der Waals surface area contributed by atoms with E-state index in [1.54, 1.807) is 47.0 Å². The number of nitrogens with one attached hydrogen (secondary N) is 1. The highest BCUT2D eigenvalue weighted by atomic mass is 32.1. The Morgan fingerprint density at radius 2 is 1.88 bits per heavy atom. The summed E-state index contributed by atoms with van der Waals surface area (Å²) in [7, 11) is 3.39. The number of carboxylic acid groups (broad SMARTS) is 1. The normalized spacial score (nSPS) is 13.2. The number of nitrogens with zero attached hydrogens (tertiary/aromatic N) is 4. The molecule has 0 unspecified atom stereocenters. The highest BCUT2D eigenvalue weighted by Gasteiger charge is 2.30. The van der Waals surface area contributed by atoms with Crippen LogP contribution in [0.2, 0.25) is 0 Å². The molecule has 1 aliphatic heterocycles. The first kappa shape index (κ1) is 31.2. The average molecular weight is 616 g/mol. The summed E-state index contributed by atoms with van der Waals surface area (Å²) in [6.07, 6.45) is -0.928. The lowest BCUT2D eigenvalue weighted by Crippen LogP contribution is -2.42. The first-order chi connectivity index (χ1) is 19.6. The van der Waals surface area contributed by atoms with Crippen LogP contribution in [0.4, 0.5) is 14.6 Å². The molecule has 1 aromatic carbocycles. The van der Waals surface area contributed by atoms with E-state index >= 15 is 0 Å². The van der Waals surface area contributed by atoms with Crippen LogP contribution in [0, 0.1) is 0 Å². The van der Waals surface area contributed by atoms with Crippen LogP contribution in [0.25, 0.3) is 20.8 Å². The van der Waals surface area contributed by atoms with Crippen LogP contribution >= 0.6 is 22.7 Å². The summed E-state index contributed by atoms with van der Waals surface area (Å²) in [5.41, 5.74) is 2.30. The van der Waals surface area contributed by atoms with Crippen molar-refractivity contribution in [2.75, 3.05) is 32.5 Å². The number of benzene rings is 1. The van der Waals surface area contributed by atoms with Crippen LogP contribution in [0.3, 0.4) is 0 Å². The standard InChI is InChI=1S/C29H37N5O6S2/c1-16(2)34(28(39)40-29(3,4)5)13-11-22(35)31-25-23(18-10-12-33(27(37)38)15-21(18)42-25)24-30-19-14-17(26(36)32(6)7)8-9-20(19)41-24/h8-9,14,16H,10-13,15H2,1-7H3,(H,31,35)(H,37,38). The van der Waals surface area contributed by atoms with E-state index in [1.807, 2.05) is 19.9 Å². The topological polar surface area (TPSA) is 132 Å². The molecule has 0 aliphatic carbocycles. The Bertz CT molecular complexity index is 1520. The number of thiophene rings is 1. The second kappa shape index (κ2) is 12.3. The zero-order valence-corrected chi connectivity index (χ0v) is 26.6. The Labute approximate surface area is 253 Å². The van der Waals surface area contributed by atoms with E-state index in [0.29, 0.717) is 34.1 Å². The van der Waals surface area contributed by atoms with Crippen molar-refractivity contribution in [3.05, 3.63) is 34.2 Å². The van der Waals surface area contributed by atoms with Gasteiger partial charge in [-0.3, -0.25) is 9.59 Å². The number of amides is 4. The van der Waals surface area contributed by atoms with E-state index in [1.165, 1.54) is 37.4 Å². The number of aromatic nitrogens is 1. The van der Waals surface area contributed by atoms with Gasteiger partial charge < -0.3 is 29.9 Å². The number of hydrogen-bond acceptors (Lipinski definition) is 8. The molecule has 0 radical (unpaired) electrons. The number of ether oxygens (including phenoxy) is 1. The van der Waals surface area contributed by atoms with Crippen molar-refractivity contribution in [1.82, 2.24) is 19.7 Å². The first-order valence-electron chi connectivity index (χ1n) is 13.7. The molecule has 2 aromatic heterocycles. The van der Waals surface area contributed by atoms with Gasteiger partial charge >= 0.3 is 12.2 Å². The Balaban J connectivity index is 1.64. The SMILES string of the molecule is CC(C)N(CCC(=O)Nc1sc2c(c1-c1nc3cc(C(=O)N(C)C)ccc3s1)CCN(C(=O)O)C2)C(=O)OC(C)(C)C. The minimum absolute atomic E-state index is 0.0521. The Morgan fingerprint density at radius 1 is 1.17 bits per heavy atom. The number of hydrogen-bond donors (Lipinski definition) is 2. The van der Waals surface area contributed by atoms with Gasteiger partial charge in [-0.15, -0.1) is 22.7 Å². The fourth-order valence-corrected chi connectivity index (χ4v) is 6.97. The second-order valence-electron chi connectivity index (χ2n) is 11.6. The summed E-state index contributed by atoms with van der Waals surface area (Å²) < 4.78 is 6.41. The Hall–Kier alpha value is -3.71. The minimum Gasteiger partial charge on any atom is -0.465 e. The second-order valence-corrected chi connectivity index (χ2v) is 13.8. The maximum Gasteiger partial charge on any atom is 0.410 e. The molecule has 0 bridgehead atoms. The van der Waals surface area contributed by atoms with Gasteiger partial charge in [0.25, 0.3) is 5.91 Å². The first-order valence-corrected chi connectivity index (χ1v) is 15.3. The lowest BCUT2D eigenvalue weighted by molar-refractivity contribution is -0.116. The molecule has 226 valence electrons. The van der Waals surface area contributed by atoms with Gasteiger partial charge in [-0.05, 0) is 64.8 Å². The summed E-state index contributed by atoms with van der Waals surface area (Å²) in [5, 5.41) is 13.9. The zero-order valence-electron chi connectivity index (χ0n) is 24.9. The molecule has 4 amide bonds. The summed E-state index contributed by atoms with van der Waals surface area (Å²) in [6, 6.07) is 5.24. The highest BCUT2D eigenvalue weighted by molar-refractivity contribution is 7.23. The number of carbonyl (C=O) groups is 4. The molecule has 4 rings (SSSR count). The molecule has 42 heavy (non-hydrogen) atoms. The zero-order chi connectivity index (χ0) is 30.9. The van der Waals surface area contributed by atoms with Crippen molar-refractivity contribution in [1.29, 1.82) is 0 Å². The van der Waals surface area contributed by atoms with E-state index in [9.17, 15) is 24.3 Å². The number of anilines is 1. The smallest absolute Gasteiger partial charge is 0.410 e. The predicted octanol–water partition coefficient (Wildman–Crippen LogP) is 5.74. The van der Waals surface area contributed by atoms with Crippen molar-refractivity contribution >= 4 is 61.9 Å². The van der Waals surface area contributed by atoms with E-state index in [-0.39, 0.29) is 37.4 Å². The Kier molecular flexibility index (Phi) is 9.12. The maximum absolute atomic E-state index is 13.2. The molecule has 13 heteroatoms. The molecule has 0 fully saturated rings. The molecule has 3 aromatic rings. The van der Waals surface area contributed by atoms with E-state index in [2.05, 4.69) is 5.32 Å². The van der Waals surface area contributed by atoms with Crippen molar-refractivity contribution in [3.63, 3.8) is 0 Å². The average Bonchev–Trinajstić information content (AvgIpc) is 3.46. The van der Waals surface area contributed by atoms with Gasteiger partial charge in [0.15, 0.2) is 0 Å². The number of thiazole rings is 1. The molecule has 3 heterocycles. The monoisotopic (exact) mass is 615 g/mol. The maximum atomic E-state index is 13.2. The van der Waals surface area contributed by atoms with Crippen LogP contribution in [0.15, 0.2) is 18.2 Å². The van der Waals surface area contributed by atoms with E-state index in [0.717, 1.165) is 20.7 Å². The summed E-state index contributed by atoms with van der Waals surface area (Å²) in [5.74, 6) is -0.401. The minimum atomic E-state index is -0.991. The predicted molar refractivity (Wildman–Crippen MR) is 164 cm³/mol. The number of carbonyl (C=O) groups excluding carboxylic acids is 3. The van der Waals surface area contributed by atoms with Gasteiger partial charge in [0.05, 0.1) is 16.8 Å². The number of rotatable bonds is 7. The van der Waals surface area contributed by atoms with Gasteiger partial charge in [0, 0.05) is 55.7 Å². The van der Waals surface area contributed by atoms with Crippen LogP contribution in [0.1, 0.15) is 61.8 Å². The molecule has 2 N–H and O–H groups in total. The lowest BCUT2D eigenvalue weighted by Gasteiger charge is -2.29. The molecule has 11 nitrogen and oxygen atoms in total. The third-order valence-electron chi connectivity index (χ3n) is 6.67. The number of fused-ring (bicyclic) bond motifs is 2. The third-order valence-corrected chi connectivity index (χ3v) is 8.85. The van der Waals surface area contributed by atoms with Gasteiger partial charge in [-0.1, -0.05) is 0 Å². The summed E-state index contributed by atoms with van der Waals surface area (Å²) in [4.78, 5) is 60.2. The highest BCUT2D eigenvalue weighted by Crippen LogP contribution is 2.46. The van der Waals surface area contributed by atoms with Gasteiger partial charge in [-0.2, -0.15) is 0 Å². The molecular weight excluding hydrogens is 578 g/mol. The molecule has 0 saturated carbocycles. The van der Waals surface area contributed by atoms with Gasteiger partial charge in [0.1, 0.15) is 15.6 Å². The van der Waals surface area contributed by atoms with Crippen molar-refractivity contribution in [2.24, 2.45) is 0 Å². The van der Waals surface area contributed by atoms with Crippen molar-refractivity contribution < 1.29 is 29.0 Å². The van der Waals surface area contributed by atoms with Crippen molar-refractivity contribution in [3.8, 4) is 10.6 Å². The van der Waals surface area contributed by atoms with E-state index < -0.39 is 17.8 Å². The molecule has 0 atom stereocenters. The van der Waals surface area contributed by atoms with Crippen LogP contribution in [0.5, 0.6) is 0 Å². The molecule has 0 spiro atoms. The quantitative estimate of drug-likeness (QED) is 0.347. The largest absolute Gasteiger partial charge is 0.465 e. The van der Waals surface area contributed by atoms with Crippen molar-refractivity contribution in [2.45, 2.75) is 65.6 Å². The van der Waals surface area contributed by atoms with Gasteiger partial charge in [-0.25, -0.2) is 14.6 Å². The summed E-state index contributed by atoms with van der Waals surface area (Å²) >= 11 is 2.80. The van der Waals surface area contributed by atoms with Crippen LogP contribution in [-0.4, -0.2) is 87.6 Å². The summed E-state index contributed by atoms with van der Waals surface area (Å²) in [6.45, 7) is 9.86. The molecular formula is C29H37N5O6S2. The van der Waals surface area contributed by atoms with E-state index in [4.69, 9.17) is 9.72 Å².